The molecular formula is C16H14O2. The topological polar surface area (TPSA) is 29.5 Å². The molecule has 18 heavy (non-hydrogen) atoms. The molecule has 2 heteroatoms. The zero-order valence-electron chi connectivity index (χ0n) is 9.97. The highest BCUT2D eigenvalue weighted by Gasteiger charge is 2.20. The Morgan fingerprint density at radius 3 is 2.44 bits per heavy atom. The van der Waals surface area contributed by atoms with Gasteiger partial charge >= 0.3 is 0 Å². The SMILES string of the molecule is OCC1=C(c2ccccc2)c2ccccc2OC1. The molecule has 0 unspecified atom stereocenters. The summed E-state index contributed by atoms with van der Waals surface area (Å²) < 4.78 is 5.66. The maximum atomic E-state index is 9.51. The Kier molecular flexibility index (Phi) is 2.87. The molecule has 0 saturated heterocycles. The van der Waals surface area contributed by atoms with Gasteiger partial charge in [0.05, 0.1) is 6.61 Å². The third-order valence-electron chi connectivity index (χ3n) is 3.17. The van der Waals surface area contributed by atoms with Crippen molar-refractivity contribution in [2.75, 3.05) is 13.2 Å². The molecule has 1 heterocycles. The molecule has 3 rings (SSSR count). The Balaban J connectivity index is 2.22. The molecule has 2 aromatic carbocycles. The van der Waals surface area contributed by atoms with Gasteiger partial charge in [-0.15, -0.1) is 0 Å². The minimum Gasteiger partial charge on any atom is -0.488 e. The first-order valence-corrected chi connectivity index (χ1v) is 6.00. The quantitative estimate of drug-likeness (QED) is 0.871. The Hall–Kier alpha value is -2.06. The number of fused-ring (bicyclic) bond motifs is 1. The van der Waals surface area contributed by atoms with Gasteiger partial charge in [-0.05, 0) is 17.2 Å². The van der Waals surface area contributed by atoms with Crippen molar-refractivity contribution in [2.24, 2.45) is 0 Å². The van der Waals surface area contributed by atoms with E-state index in [1.165, 1.54) is 0 Å². The van der Waals surface area contributed by atoms with E-state index in [4.69, 9.17) is 4.74 Å². The highest BCUT2D eigenvalue weighted by atomic mass is 16.5. The van der Waals surface area contributed by atoms with Gasteiger partial charge < -0.3 is 9.84 Å². The van der Waals surface area contributed by atoms with Gasteiger partial charge in [0.25, 0.3) is 0 Å². The lowest BCUT2D eigenvalue weighted by molar-refractivity contribution is 0.284. The second-order valence-corrected chi connectivity index (χ2v) is 4.29. The molecule has 0 spiro atoms. The average molecular weight is 238 g/mol. The molecule has 1 aliphatic rings. The predicted octanol–water partition coefficient (Wildman–Crippen LogP) is 2.87. The Morgan fingerprint density at radius 1 is 0.944 bits per heavy atom. The predicted molar refractivity (Wildman–Crippen MR) is 71.5 cm³/mol. The summed E-state index contributed by atoms with van der Waals surface area (Å²) in [6, 6.07) is 18.1. The fourth-order valence-corrected chi connectivity index (χ4v) is 2.32. The highest BCUT2D eigenvalue weighted by molar-refractivity contribution is 5.86. The molecule has 1 N–H and O–H groups in total. The molecule has 0 amide bonds. The highest BCUT2D eigenvalue weighted by Crippen LogP contribution is 2.36. The van der Waals surface area contributed by atoms with Gasteiger partial charge in [0.15, 0.2) is 0 Å². The van der Waals surface area contributed by atoms with Gasteiger partial charge in [-0.25, -0.2) is 0 Å². The number of aliphatic hydroxyl groups excluding tert-OH is 1. The molecule has 2 aromatic rings. The summed E-state index contributed by atoms with van der Waals surface area (Å²) in [4.78, 5) is 0. The maximum Gasteiger partial charge on any atom is 0.127 e. The van der Waals surface area contributed by atoms with Crippen molar-refractivity contribution in [1.82, 2.24) is 0 Å². The second kappa shape index (κ2) is 4.67. The van der Waals surface area contributed by atoms with E-state index in [1.807, 2.05) is 42.5 Å². The van der Waals surface area contributed by atoms with Crippen LogP contribution < -0.4 is 4.74 Å². The van der Waals surface area contributed by atoms with Crippen molar-refractivity contribution in [1.29, 1.82) is 0 Å². The first-order valence-electron chi connectivity index (χ1n) is 6.00. The zero-order valence-corrected chi connectivity index (χ0v) is 9.97. The van der Waals surface area contributed by atoms with E-state index in [-0.39, 0.29) is 6.61 Å². The van der Waals surface area contributed by atoms with Crippen molar-refractivity contribution in [2.45, 2.75) is 0 Å². The first-order chi connectivity index (χ1) is 8.90. The minimum absolute atomic E-state index is 0.0264. The van der Waals surface area contributed by atoms with Crippen molar-refractivity contribution >= 4 is 5.57 Å². The van der Waals surface area contributed by atoms with Crippen LogP contribution in [0.15, 0.2) is 60.2 Å². The minimum atomic E-state index is 0.0264. The van der Waals surface area contributed by atoms with Crippen LogP contribution in [0.4, 0.5) is 0 Å². The van der Waals surface area contributed by atoms with Crippen LogP contribution in [0.1, 0.15) is 11.1 Å². The van der Waals surface area contributed by atoms with Crippen LogP contribution in [0.25, 0.3) is 5.57 Å². The molecule has 0 fully saturated rings. The molecule has 2 nitrogen and oxygen atoms in total. The van der Waals surface area contributed by atoms with Gasteiger partial charge in [0.1, 0.15) is 12.4 Å². The lowest BCUT2D eigenvalue weighted by Crippen LogP contribution is -2.14. The zero-order chi connectivity index (χ0) is 12.4. The van der Waals surface area contributed by atoms with Crippen molar-refractivity contribution in [3.05, 3.63) is 71.3 Å². The molecule has 0 aliphatic carbocycles. The number of benzene rings is 2. The molecule has 0 bridgehead atoms. The van der Waals surface area contributed by atoms with Gasteiger partial charge in [-0.1, -0.05) is 48.5 Å². The van der Waals surface area contributed by atoms with Crippen molar-refractivity contribution in [3.8, 4) is 5.75 Å². The van der Waals surface area contributed by atoms with E-state index in [1.54, 1.807) is 0 Å². The van der Waals surface area contributed by atoms with E-state index in [9.17, 15) is 5.11 Å². The maximum absolute atomic E-state index is 9.51. The van der Waals surface area contributed by atoms with Gasteiger partial charge in [-0.3, -0.25) is 0 Å². The molecule has 90 valence electrons. The van der Waals surface area contributed by atoms with E-state index < -0.39 is 0 Å². The number of aliphatic hydroxyl groups is 1. The number of para-hydroxylation sites is 1. The van der Waals surface area contributed by atoms with Crippen LogP contribution in [0.2, 0.25) is 0 Å². The lowest BCUT2D eigenvalue weighted by Gasteiger charge is -2.23. The number of hydrogen-bond acceptors (Lipinski definition) is 2. The normalized spacial score (nSPS) is 14.1. The molecular weight excluding hydrogens is 224 g/mol. The van der Waals surface area contributed by atoms with Crippen LogP contribution in [0.5, 0.6) is 5.75 Å². The van der Waals surface area contributed by atoms with Gasteiger partial charge in [-0.2, -0.15) is 0 Å². The number of hydrogen-bond donors (Lipinski definition) is 1. The summed E-state index contributed by atoms with van der Waals surface area (Å²) in [5, 5.41) is 9.51. The Labute approximate surface area is 106 Å². The van der Waals surface area contributed by atoms with Crippen LogP contribution in [0.3, 0.4) is 0 Å². The molecule has 0 aromatic heterocycles. The van der Waals surface area contributed by atoms with Crippen LogP contribution in [0, 0.1) is 0 Å². The molecule has 0 atom stereocenters. The Bertz CT molecular complexity index is 585. The third-order valence-corrected chi connectivity index (χ3v) is 3.17. The summed E-state index contributed by atoms with van der Waals surface area (Å²) in [5.41, 5.74) is 4.20. The van der Waals surface area contributed by atoms with Crippen LogP contribution in [-0.4, -0.2) is 18.3 Å². The second-order valence-electron chi connectivity index (χ2n) is 4.29. The monoisotopic (exact) mass is 238 g/mol. The number of rotatable bonds is 2. The van der Waals surface area contributed by atoms with Gasteiger partial charge in [0.2, 0.25) is 0 Å². The molecule has 0 radical (unpaired) electrons. The van der Waals surface area contributed by atoms with E-state index in [0.29, 0.717) is 6.61 Å². The smallest absolute Gasteiger partial charge is 0.127 e. The number of ether oxygens (including phenoxy) is 1. The van der Waals surface area contributed by atoms with Crippen molar-refractivity contribution < 1.29 is 9.84 Å². The summed E-state index contributed by atoms with van der Waals surface area (Å²) in [6.07, 6.45) is 0. The fraction of sp³-hybridized carbons (Fsp3) is 0.125. The average Bonchev–Trinajstić information content (AvgIpc) is 2.47. The van der Waals surface area contributed by atoms with E-state index in [0.717, 1.165) is 28.0 Å². The summed E-state index contributed by atoms with van der Waals surface area (Å²) in [5.74, 6) is 0.883. The fourth-order valence-electron chi connectivity index (χ4n) is 2.32. The van der Waals surface area contributed by atoms with Crippen molar-refractivity contribution in [3.63, 3.8) is 0 Å². The molecule has 0 saturated carbocycles. The van der Waals surface area contributed by atoms with Gasteiger partial charge in [0, 0.05) is 11.1 Å². The summed E-state index contributed by atoms with van der Waals surface area (Å²) >= 11 is 0. The largest absolute Gasteiger partial charge is 0.488 e. The van der Waals surface area contributed by atoms with Crippen LogP contribution in [-0.2, 0) is 0 Å². The summed E-state index contributed by atoms with van der Waals surface area (Å²) in [7, 11) is 0. The lowest BCUT2D eigenvalue weighted by atomic mass is 9.91. The first kappa shape index (κ1) is 11.1. The summed E-state index contributed by atoms with van der Waals surface area (Å²) in [6.45, 7) is 0.482. The standard InChI is InChI=1S/C16H14O2/c17-10-13-11-18-15-9-5-4-8-14(15)16(13)12-6-2-1-3-7-12/h1-9,17H,10-11H2. The van der Waals surface area contributed by atoms with E-state index in [2.05, 4.69) is 12.1 Å². The molecule has 1 aliphatic heterocycles. The van der Waals surface area contributed by atoms with E-state index >= 15 is 0 Å². The Morgan fingerprint density at radius 2 is 1.67 bits per heavy atom. The third kappa shape index (κ3) is 1.81. The van der Waals surface area contributed by atoms with Crippen LogP contribution >= 0.6 is 0 Å².